The summed E-state index contributed by atoms with van der Waals surface area (Å²) in [6.07, 6.45) is 1.68. The first-order valence-electron chi connectivity index (χ1n) is 5.87. The van der Waals surface area contributed by atoms with Crippen molar-refractivity contribution in [2.45, 2.75) is 20.5 Å². The highest BCUT2D eigenvalue weighted by Crippen LogP contribution is 2.24. The molecule has 1 aromatic carbocycles. The third-order valence-electron chi connectivity index (χ3n) is 2.91. The molecule has 5 nitrogen and oxygen atoms in total. The van der Waals surface area contributed by atoms with Gasteiger partial charge in [-0.15, -0.1) is 0 Å². The lowest BCUT2D eigenvalue weighted by atomic mass is 10.1. The number of rotatable bonds is 4. The summed E-state index contributed by atoms with van der Waals surface area (Å²) in [5.41, 5.74) is 2.28. The van der Waals surface area contributed by atoms with Gasteiger partial charge in [0, 0.05) is 12.3 Å². The van der Waals surface area contributed by atoms with Crippen molar-refractivity contribution in [3.05, 3.63) is 63.5 Å². The summed E-state index contributed by atoms with van der Waals surface area (Å²) in [5, 5.41) is 11.0. The fourth-order valence-corrected chi connectivity index (χ4v) is 1.82. The van der Waals surface area contributed by atoms with Crippen LogP contribution in [0.15, 0.2) is 36.5 Å². The molecular formula is C14H14N2O3. The zero-order valence-corrected chi connectivity index (χ0v) is 10.8. The van der Waals surface area contributed by atoms with E-state index in [2.05, 4.69) is 4.98 Å². The number of nitro benzene ring substituents is 1. The minimum absolute atomic E-state index is 0.0848. The molecule has 98 valence electrons. The average molecular weight is 258 g/mol. The molecule has 0 radical (unpaired) electrons. The summed E-state index contributed by atoms with van der Waals surface area (Å²) in [5.74, 6) is 0.639. The van der Waals surface area contributed by atoms with Gasteiger partial charge in [0.25, 0.3) is 5.69 Å². The molecule has 0 bridgehead atoms. The molecule has 0 fully saturated rings. The number of nitro groups is 1. The van der Waals surface area contributed by atoms with Crippen LogP contribution >= 0.6 is 0 Å². The standard InChI is InChI=1S/C14H14N2O3/c1-10-5-3-6-13(16(17)18)12(10)9-19-14-7-4-8-15-11(14)2/h3-8H,9H2,1-2H3. The molecule has 2 rings (SSSR count). The van der Waals surface area contributed by atoms with Gasteiger partial charge in [-0.25, -0.2) is 0 Å². The van der Waals surface area contributed by atoms with Gasteiger partial charge < -0.3 is 4.74 Å². The lowest BCUT2D eigenvalue weighted by Crippen LogP contribution is -2.04. The second-order valence-electron chi connectivity index (χ2n) is 4.21. The van der Waals surface area contributed by atoms with E-state index < -0.39 is 0 Å². The maximum Gasteiger partial charge on any atom is 0.276 e. The molecule has 0 aliphatic rings. The van der Waals surface area contributed by atoms with Crippen LogP contribution in [0.5, 0.6) is 5.75 Å². The minimum Gasteiger partial charge on any atom is -0.487 e. The average Bonchev–Trinajstić information content (AvgIpc) is 2.38. The van der Waals surface area contributed by atoms with Crippen LogP contribution in [0.3, 0.4) is 0 Å². The van der Waals surface area contributed by atoms with E-state index >= 15 is 0 Å². The quantitative estimate of drug-likeness (QED) is 0.624. The Balaban J connectivity index is 2.25. The second kappa shape index (κ2) is 5.48. The Labute approximate surface area is 111 Å². The van der Waals surface area contributed by atoms with Gasteiger partial charge in [-0.1, -0.05) is 12.1 Å². The molecule has 0 N–H and O–H groups in total. The summed E-state index contributed by atoms with van der Waals surface area (Å²) >= 11 is 0. The van der Waals surface area contributed by atoms with Gasteiger partial charge in [-0.2, -0.15) is 0 Å². The molecular weight excluding hydrogens is 244 g/mol. The Morgan fingerprint density at radius 3 is 2.74 bits per heavy atom. The van der Waals surface area contributed by atoms with E-state index in [1.807, 2.05) is 19.9 Å². The third-order valence-corrected chi connectivity index (χ3v) is 2.91. The monoisotopic (exact) mass is 258 g/mol. The number of aromatic nitrogens is 1. The molecule has 19 heavy (non-hydrogen) atoms. The molecule has 0 aliphatic heterocycles. The van der Waals surface area contributed by atoms with Crippen LogP contribution in [0, 0.1) is 24.0 Å². The normalized spacial score (nSPS) is 10.2. The number of hydrogen-bond acceptors (Lipinski definition) is 4. The molecule has 5 heteroatoms. The molecule has 0 saturated carbocycles. The molecule has 2 aromatic rings. The topological polar surface area (TPSA) is 65.3 Å². The van der Waals surface area contributed by atoms with Crippen molar-refractivity contribution in [2.75, 3.05) is 0 Å². The number of pyridine rings is 1. The van der Waals surface area contributed by atoms with Crippen molar-refractivity contribution in [3.63, 3.8) is 0 Å². The van der Waals surface area contributed by atoms with Crippen LogP contribution in [-0.4, -0.2) is 9.91 Å². The molecule has 0 unspecified atom stereocenters. The Hall–Kier alpha value is -2.43. The van der Waals surface area contributed by atoms with Crippen LogP contribution in [-0.2, 0) is 6.61 Å². The lowest BCUT2D eigenvalue weighted by Gasteiger charge is -2.10. The maximum absolute atomic E-state index is 11.0. The first-order chi connectivity index (χ1) is 9.09. The van der Waals surface area contributed by atoms with Crippen molar-refractivity contribution < 1.29 is 9.66 Å². The van der Waals surface area contributed by atoms with E-state index in [0.29, 0.717) is 11.3 Å². The van der Waals surface area contributed by atoms with Gasteiger partial charge in [0.2, 0.25) is 0 Å². The molecule has 0 aliphatic carbocycles. The Morgan fingerprint density at radius 1 is 1.26 bits per heavy atom. The lowest BCUT2D eigenvalue weighted by molar-refractivity contribution is -0.385. The smallest absolute Gasteiger partial charge is 0.276 e. The minimum atomic E-state index is -0.387. The van der Waals surface area contributed by atoms with E-state index in [4.69, 9.17) is 4.74 Å². The highest BCUT2D eigenvalue weighted by molar-refractivity contribution is 5.45. The van der Waals surface area contributed by atoms with Crippen molar-refractivity contribution >= 4 is 5.69 Å². The molecule has 0 atom stereocenters. The largest absolute Gasteiger partial charge is 0.487 e. The summed E-state index contributed by atoms with van der Waals surface area (Å²) < 4.78 is 5.63. The highest BCUT2D eigenvalue weighted by Gasteiger charge is 2.16. The zero-order valence-electron chi connectivity index (χ0n) is 10.8. The number of nitrogens with zero attached hydrogens (tertiary/aromatic N) is 2. The van der Waals surface area contributed by atoms with E-state index in [0.717, 1.165) is 11.3 Å². The predicted molar refractivity (Wildman–Crippen MR) is 71.1 cm³/mol. The maximum atomic E-state index is 11.0. The van der Waals surface area contributed by atoms with Crippen LogP contribution in [0.4, 0.5) is 5.69 Å². The van der Waals surface area contributed by atoms with Gasteiger partial charge >= 0.3 is 0 Å². The number of aryl methyl sites for hydroxylation is 2. The van der Waals surface area contributed by atoms with Crippen molar-refractivity contribution in [1.82, 2.24) is 4.98 Å². The van der Waals surface area contributed by atoms with E-state index in [1.54, 1.807) is 24.4 Å². The Morgan fingerprint density at radius 2 is 2.05 bits per heavy atom. The summed E-state index contributed by atoms with van der Waals surface area (Å²) in [4.78, 5) is 14.7. The van der Waals surface area contributed by atoms with Crippen LogP contribution in [0.25, 0.3) is 0 Å². The first kappa shape index (κ1) is 13.0. The van der Waals surface area contributed by atoms with Gasteiger partial charge in [-0.3, -0.25) is 15.1 Å². The molecule has 0 saturated heterocycles. The molecule has 1 aromatic heterocycles. The van der Waals surface area contributed by atoms with E-state index in [9.17, 15) is 10.1 Å². The molecule has 0 spiro atoms. The third kappa shape index (κ3) is 2.88. The van der Waals surface area contributed by atoms with Gasteiger partial charge in [-0.05, 0) is 31.5 Å². The summed E-state index contributed by atoms with van der Waals surface area (Å²) in [7, 11) is 0. The number of ether oxygens (including phenoxy) is 1. The van der Waals surface area contributed by atoms with Gasteiger partial charge in [0.15, 0.2) is 0 Å². The van der Waals surface area contributed by atoms with Crippen molar-refractivity contribution in [3.8, 4) is 5.75 Å². The first-order valence-corrected chi connectivity index (χ1v) is 5.87. The fourth-order valence-electron chi connectivity index (χ4n) is 1.82. The van der Waals surface area contributed by atoms with E-state index in [1.165, 1.54) is 6.07 Å². The van der Waals surface area contributed by atoms with Crippen LogP contribution < -0.4 is 4.74 Å². The zero-order chi connectivity index (χ0) is 13.8. The van der Waals surface area contributed by atoms with E-state index in [-0.39, 0.29) is 17.2 Å². The fraction of sp³-hybridized carbons (Fsp3) is 0.214. The Kier molecular flexibility index (Phi) is 3.75. The van der Waals surface area contributed by atoms with Crippen molar-refractivity contribution in [2.24, 2.45) is 0 Å². The SMILES string of the molecule is Cc1cccc([N+](=O)[O-])c1COc1cccnc1C. The number of benzene rings is 1. The van der Waals surface area contributed by atoms with Gasteiger partial charge in [0.05, 0.1) is 16.2 Å². The number of hydrogen-bond donors (Lipinski definition) is 0. The van der Waals surface area contributed by atoms with Crippen LogP contribution in [0.1, 0.15) is 16.8 Å². The summed E-state index contributed by atoms with van der Waals surface area (Å²) in [6, 6.07) is 8.57. The predicted octanol–water partition coefficient (Wildman–Crippen LogP) is 3.19. The molecule has 0 amide bonds. The second-order valence-corrected chi connectivity index (χ2v) is 4.21. The summed E-state index contributed by atoms with van der Waals surface area (Å²) in [6.45, 7) is 3.83. The van der Waals surface area contributed by atoms with Crippen LogP contribution in [0.2, 0.25) is 0 Å². The molecule has 1 heterocycles. The Bertz CT molecular complexity index is 611. The highest BCUT2D eigenvalue weighted by atomic mass is 16.6. The van der Waals surface area contributed by atoms with Gasteiger partial charge in [0.1, 0.15) is 12.4 Å². The van der Waals surface area contributed by atoms with Crippen molar-refractivity contribution in [1.29, 1.82) is 0 Å².